The van der Waals surface area contributed by atoms with Gasteiger partial charge in [-0.25, -0.2) is 0 Å². The third kappa shape index (κ3) is 7.11. The number of likely N-dealkylation sites (tertiary alicyclic amines) is 2. The molecule has 0 aromatic carbocycles. The minimum absolute atomic E-state index is 0. The van der Waals surface area contributed by atoms with Crippen molar-refractivity contribution in [2.24, 2.45) is 10.9 Å². The van der Waals surface area contributed by atoms with Gasteiger partial charge in [-0.2, -0.15) is 0 Å². The first-order chi connectivity index (χ1) is 13.7. The normalized spacial score (nSPS) is 21.4. The number of methoxy groups -OCH3 is 1. The van der Waals surface area contributed by atoms with Crippen molar-refractivity contribution in [3.05, 3.63) is 23.7 Å². The Morgan fingerprint density at radius 1 is 1.28 bits per heavy atom. The van der Waals surface area contributed by atoms with Crippen molar-refractivity contribution >= 4 is 29.9 Å². The Kier molecular flexibility index (Phi) is 10.8. The van der Waals surface area contributed by atoms with Crippen LogP contribution in [0.15, 0.2) is 21.5 Å². The van der Waals surface area contributed by atoms with E-state index in [4.69, 9.17) is 13.9 Å². The molecule has 0 aliphatic carbocycles. The number of nitrogens with zero attached hydrogens (tertiary/aromatic N) is 3. The van der Waals surface area contributed by atoms with Crippen molar-refractivity contribution in [2.45, 2.75) is 32.2 Å². The molecule has 2 aliphatic heterocycles. The minimum Gasteiger partial charge on any atom is -0.465 e. The van der Waals surface area contributed by atoms with Crippen LogP contribution in [0, 0.1) is 12.8 Å². The van der Waals surface area contributed by atoms with E-state index in [1.54, 1.807) is 7.11 Å². The highest BCUT2D eigenvalue weighted by atomic mass is 127. The molecule has 0 saturated carbocycles. The molecule has 0 spiro atoms. The summed E-state index contributed by atoms with van der Waals surface area (Å²) >= 11 is 0. The molecule has 7 nitrogen and oxygen atoms in total. The number of aliphatic imine (C=N–C) groups is 1. The van der Waals surface area contributed by atoms with E-state index < -0.39 is 0 Å². The van der Waals surface area contributed by atoms with Crippen LogP contribution in [0.4, 0.5) is 0 Å². The van der Waals surface area contributed by atoms with Gasteiger partial charge < -0.3 is 24.1 Å². The third-order valence-electron chi connectivity index (χ3n) is 5.71. The average Bonchev–Trinajstić information content (AvgIpc) is 3.45. The standard InChI is InChI=1S/C21H36N4O3.HI/c1-17-6-7-20(28-17)19(24-9-4-5-10-24)14-23-21(22-2)25-11-8-18(15-25)16-27-13-12-26-3;/h6-7,18-19H,4-5,8-16H2,1-3H3,(H,22,23);1H. The Balaban J connectivity index is 0.00000300. The third-order valence-corrected chi connectivity index (χ3v) is 5.71. The van der Waals surface area contributed by atoms with Gasteiger partial charge in [0.25, 0.3) is 0 Å². The molecule has 1 aromatic rings. The molecule has 2 unspecified atom stereocenters. The Morgan fingerprint density at radius 3 is 2.72 bits per heavy atom. The number of hydrogen-bond donors (Lipinski definition) is 1. The molecule has 166 valence electrons. The number of rotatable bonds is 9. The van der Waals surface area contributed by atoms with Gasteiger partial charge in [0.15, 0.2) is 5.96 Å². The highest BCUT2D eigenvalue weighted by molar-refractivity contribution is 14.0. The molecule has 1 aromatic heterocycles. The van der Waals surface area contributed by atoms with Crippen molar-refractivity contribution < 1.29 is 13.9 Å². The maximum absolute atomic E-state index is 5.97. The molecule has 0 radical (unpaired) electrons. The van der Waals surface area contributed by atoms with Crippen molar-refractivity contribution in [1.29, 1.82) is 0 Å². The van der Waals surface area contributed by atoms with Crippen LogP contribution in [-0.4, -0.2) is 82.5 Å². The summed E-state index contributed by atoms with van der Waals surface area (Å²) in [7, 11) is 3.57. The lowest BCUT2D eigenvalue weighted by Crippen LogP contribution is -2.44. The summed E-state index contributed by atoms with van der Waals surface area (Å²) in [5.41, 5.74) is 0. The molecular formula is C21H37IN4O3. The molecule has 2 atom stereocenters. The number of nitrogens with one attached hydrogen (secondary N) is 1. The summed E-state index contributed by atoms with van der Waals surface area (Å²) < 4.78 is 16.7. The first-order valence-corrected chi connectivity index (χ1v) is 10.5. The van der Waals surface area contributed by atoms with Crippen molar-refractivity contribution in [2.75, 3.05) is 66.7 Å². The lowest BCUT2D eigenvalue weighted by Gasteiger charge is -2.29. The Morgan fingerprint density at radius 2 is 2.07 bits per heavy atom. The Labute approximate surface area is 192 Å². The summed E-state index contributed by atoms with van der Waals surface area (Å²) in [5, 5.41) is 3.61. The van der Waals surface area contributed by atoms with Crippen LogP contribution in [0.3, 0.4) is 0 Å². The zero-order valence-corrected chi connectivity index (χ0v) is 20.4. The van der Waals surface area contributed by atoms with E-state index in [9.17, 15) is 0 Å². The van der Waals surface area contributed by atoms with Crippen molar-refractivity contribution in [1.82, 2.24) is 15.1 Å². The van der Waals surface area contributed by atoms with Gasteiger partial charge in [-0.1, -0.05) is 0 Å². The monoisotopic (exact) mass is 520 g/mol. The number of furan rings is 1. The van der Waals surface area contributed by atoms with Gasteiger partial charge in [-0.05, 0) is 51.4 Å². The van der Waals surface area contributed by atoms with Gasteiger partial charge in [0.1, 0.15) is 11.5 Å². The van der Waals surface area contributed by atoms with Gasteiger partial charge in [0.2, 0.25) is 0 Å². The molecule has 2 aliphatic rings. The largest absolute Gasteiger partial charge is 0.465 e. The van der Waals surface area contributed by atoms with E-state index in [1.165, 1.54) is 12.8 Å². The summed E-state index contributed by atoms with van der Waals surface area (Å²) in [4.78, 5) is 9.40. The zero-order valence-electron chi connectivity index (χ0n) is 18.1. The molecule has 2 saturated heterocycles. The second kappa shape index (κ2) is 12.8. The van der Waals surface area contributed by atoms with Crippen LogP contribution >= 0.6 is 24.0 Å². The minimum atomic E-state index is 0. The van der Waals surface area contributed by atoms with E-state index in [2.05, 4.69) is 32.2 Å². The number of halogens is 1. The zero-order chi connectivity index (χ0) is 19.8. The summed E-state index contributed by atoms with van der Waals surface area (Å²) in [6.45, 7) is 9.21. The maximum Gasteiger partial charge on any atom is 0.193 e. The van der Waals surface area contributed by atoms with Gasteiger partial charge in [0.05, 0.1) is 25.9 Å². The lowest BCUT2D eigenvalue weighted by atomic mass is 10.1. The molecule has 3 heterocycles. The molecule has 0 bridgehead atoms. The van der Waals surface area contributed by atoms with Crippen LogP contribution in [0.1, 0.15) is 36.8 Å². The van der Waals surface area contributed by atoms with Gasteiger partial charge >= 0.3 is 0 Å². The second-order valence-electron chi connectivity index (χ2n) is 7.80. The highest BCUT2D eigenvalue weighted by Crippen LogP contribution is 2.26. The van der Waals surface area contributed by atoms with Crippen LogP contribution < -0.4 is 5.32 Å². The predicted octanol–water partition coefficient (Wildman–Crippen LogP) is 2.90. The molecule has 8 heteroatoms. The van der Waals surface area contributed by atoms with Crippen molar-refractivity contribution in [3.8, 4) is 0 Å². The smallest absolute Gasteiger partial charge is 0.193 e. The highest BCUT2D eigenvalue weighted by Gasteiger charge is 2.28. The van der Waals surface area contributed by atoms with Crippen LogP contribution in [0.25, 0.3) is 0 Å². The average molecular weight is 520 g/mol. The topological polar surface area (TPSA) is 62.5 Å². The van der Waals surface area contributed by atoms with Gasteiger partial charge in [0, 0.05) is 39.7 Å². The number of ether oxygens (including phenoxy) is 2. The molecule has 3 rings (SSSR count). The SMILES string of the molecule is CN=C(NCC(c1ccc(C)o1)N1CCCC1)N1CCC(COCCOC)C1.I. The van der Waals surface area contributed by atoms with E-state index in [0.717, 1.165) is 63.2 Å². The van der Waals surface area contributed by atoms with E-state index in [1.807, 2.05) is 14.0 Å². The first-order valence-electron chi connectivity index (χ1n) is 10.5. The molecular weight excluding hydrogens is 483 g/mol. The summed E-state index contributed by atoms with van der Waals surface area (Å²) in [6, 6.07) is 4.43. The number of hydrogen-bond acceptors (Lipinski definition) is 5. The molecule has 0 amide bonds. The quantitative estimate of drug-likeness (QED) is 0.234. The van der Waals surface area contributed by atoms with Gasteiger partial charge in [-0.15, -0.1) is 24.0 Å². The fraction of sp³-hybridized carbons (Fsp3) is 0.762. The molecule has 1 N–H and O–H groups in total. The first kappa shape index (κ1) is 24.4. The Bertz CT molecular complexity index is 619. The Hall–Kier alpha value is -0.840. The van der Waals surface area contributed by atoms with Crippen LogP contribution in [0.5, 0.6) is 0 Å². The predicted molar refractivity (Wildman–Crippen MR) is 126 cm³/mol. The molecule has 29 heavy (non-hydrogen) atoms. The fourth-order valence-corrected chi connectivity index (χ4v) is 4.17. The number of guanidine groups is 1. The maximum atomic E-state index is 5.97. The second-order valence-corrected chi connectivity index (χ2v) is 7.80. The fourth-order valence-electron chi connectivity index (χ4n) is 4.17. The van der Waals surface area contributed by atoms with Crippen LogP contribution in [0.2, 0.25) is 0 Å². The number of aryl methyl sites for hydroxylation is 1. The molecule has 2 fully saturated rings. The van der Waals surface area contributed by atoms with Crippen molar-refractivity contribution in [3.63, 3.8) is 0 Å². The van der Waals surface area contributed by atoms with E-state index in [-0.39, 0.29) is 30.0 Å². The van der Waals surface area contributed by atoms with Gasteiger partial charge in [-0.3, -0.25) is 9.89 Å². The van der Waals surface area contributed by atoms with E-state index >= 15 is 0 Å². The lowest BCUT2D eigenvalue weighted by molar-refractivity contribution is 0.0536. The van der Waals surface area contributed by atoms with E-state index in [0.29, 0.717) is 19.1 Å². The van der Waals surface area contributed by atoms with Crippen LogP contribution in [-0.2, 0) is 9.47 Å². The summed E-state index contributed by atoms with van der Waals surface area (Å²) in [6.07, 6.45) is 3.67. The summed E-state index contributed by atoms with van der Waals surface area (Å²) in [5.74, 6) is 3.55.